The minimum absolute atomic E-state index is 0.0229. The number of nitrogens with one attached hydrogen (secondary N) is 3. The number of ether oxygens (including phenoxy) is 1. The molecule has 0 saturated carbocycles. The van der Waals surface area contributed by atoms with E-state index in [1.54, 1.807) is 31.3 Å². The summed E-state index contributed by atoms with van der Waals surface area (Å²) in [6, 6.07) is 6.47. The first kappa shape index (κ1) is 34.0. The van der Waals surface area contributed by atoms with Gasteiger partial charge >= 0.3 is 0 Å². The van der Waals surface area contributed by atoms with Crippen molar-refractivity contribution >= 4 is 23.6 Å². The summed E-state index contributed by atoms with van der Waals surface area (Å²) >= 11 is 0. The van der Waals surface area contributed by atoms with Crippen molar-refractivity contribution in [2.24, 2.45) is 5.41 Å². The molecule has 0 aliphatic carbocycles. The SMILES string of the molecule is CC(=O)N1CCC2(CCCCNC(=O)[C@H](CCCCNC(=O)CCn3ccnc3C(C)C)NC(=O)c3ccccc3OC2)CC1. The summed E-state index contributed by atoms with van der Waals surface area (Å²) in [5, 5.41) is 8.95. The molecule has 0 bridgehead atoms. The number of fused-ring (bicyclic) bond motifs is 1. The number of hydrogen-bond acceptors (Lipinski definition) is 6. The Bertz CT molecular complexity index is 1300. The molecule has 45 heavy (non-hydrogen) atoms. The van der Waals surface area contributed by atoms with Crippen molar-refractivity contribution < 1.29 is 23.9 Å². The fourth-order valence-corrected chi connectivity index (χ4v) is 6.26. The largest absolute Gasteiger partial charge is 0.492 e. The van der Waals surface area contributed by atoms with E-state index in [9.17, 15) is 19.2 Å². The summed E-state index contributed by atoms with van der Waals surface area (Å²) in [6.07, 6.45) is 10.2. The van der Waals surface area contributed by atoms with Crippen LogP contribution in [0.3, 0.4) is 0 Å². The molecule has 1 atom stereocenters. The van der Waals surface area contributed by atoms with Crippen LogP contribution in [0.15, 0.2) is 36.7 Å². The topological polar surface area (TPSA) is 135 Å². The molecule has 4 amide bonds. The third-order valence-corrected chi connectivity index (χ3v) is 9.08. The molecule has 1 saturated heterocycles. The Hall–Kier alpha value is -3.89. The lowest BCUT2D eigenvalue weighted by Gasteiger charge is -2.41. The molecule has 2 aliphatic rings. The summed E-state index contributed by atoms with van der Waals surface area (Å²) in [5.74, 6) is 1.28. The summed E-state index contributed by atoms with van der Waals surface area (Å²) in [5.41, 5.74) is 0.312. The maximum atomic E-state index is 13.5. The van der Waals surface area contributed by atoms with E-state index in [2.05, 4.69) is 34.8 Å². The highest BCUT2D eigenvalue weighted by molar-refractivity contribution is 5.99. The second-order valence-corrected chi connectivity index (χ2v) is 12.8. The van der Waals surface area contributed by atoms with Gasteiger partial charge in [0.15, 0.2) is 0 Å². The zero-order chi connectivity index (χ0) is 32.2. The molecule has 3 N–H and O–H groups in total. The number of unbranched alkanes of at least 4 members (excludes halogenated alkanes) is 1. The van der Waals surface area contributed by atoms with Gasteiger partial charge in [0.2, 0.25) is 17.7 Å². The normalized spacial score (nSPS) is 19.2. The number of amides is 4. The number of piperidine rings is 1. The quantitative estimate of drug-likeness (QED) is 0.365. The molecule has 246 valence electrons. The number of hydrogen-bond donors (Lipinski definition) is 3. The number of carbonyl (C=O) groups excluding carboxylic acids is 4. The van der Waals surface area contributed by atoms with Crippen LogP contribution in [-0.4, -0.2) is 76.9 Å². The minimum atomic E-state index is -0.692. The molecule has 2 aromatic rings. The van der Waals surface area contributed by atoms with Crippen LogP contribution < -0.4 is 20.7 Å². The highest BCUT2D eigenvalue weighted by atomic mass is 16.5. The van der Waals surface area contributed by atoms with Crippen LogP contribution in [0, 0.1) is 5.41 Å². The third kappa shape index (κ3) is 9.80. The monoisotopic (exact) mass is 622 g/mol. The standard InChI is InChI=1S/C34H50N6O5/c1-25(2)31-36-19-23-40(31)20-13-30(42)35-17-8-6-11-28-33(44)37-18-9-7-14-34(15-21-39(22-16-34)26(3)41)24-45-29-12-5-4-10-27(29)32(43)38-28/h4-5,10,12,19,23,25,28H,6-9,11,13-18,20-22,24H2,1-3H3,(H,35,42)(H,37,44)(H,38,43)/t28-/m0/s1. The Morgan fingerprint density at radius 3 is 2.64 bits per heavy atom. The fraction of sp³-hybridized carbons (Fsp3) is 0.618. The maximum Gasteiger partial charge on any atom is 0.255 e. The van der Waals surface area contributed by atoms with Crippen molar-refractivity contribution in [3.05, 3.63) is 48.0 Å². The summed E-state index contributed by atoms with van der Waals surface area (Å²) in [4.78, 5) is 57.2. The van der Waals surface area contributed by atoms with Gasteiger partial charge in [-0.1, -0.05) is 32.4 Å². The lowest BCUT2D eigenvalue weighted by Crippen LogP contribution is -2.47. The molecule has 1 aromatic heterocycles. The predicted octanol–water partition coefficient (Wildman–Crippen LogP) is 3.79. The van der Waals surface area contributed by atoms with E-state index in [-0.39, 0.29) is 29.0 Å². The van der Waals surface area contributed by atoms with Crippen molar-refractivity contribution in [1.29, 1.82) is 0 Å². The first-order chi connectivity index (χ1) is 21.7. The van der Waals surface area contributed by atoms with Crippen molar-refractivity contribution in [2.45, 2.75) is 97.1 Å². The van der Waals surface area contributed by atoms with Crippen LogP contribution >= 0.6 is 0 Å². The van der Waals surface area contributed by atoms with Gasteiger partial charge in [-0.25, -0.2) is 4.98 Å². The van der Waals surface area contributed by atoms with Crippen LogP contribution in [-0.2, 0) is 20.9 Å². The molecule has 0 radical (unpaired) electrons. The number of benzene rings is 1. The lowest BCUT2D eigenvalue weighted by molar-refractivity contribution is -0.131. The molecule has 2 aliphatic heterocycles. The van der Waals surface area contributed by atoms with E-state index >= 15 is 0 Å². The number of aromatic nitrogens is 2. The Morgan fingerprint density at radius 2 is 1.89 bits per heavy atom. The number of likely N-dealkylation sites (tertiary alicyclic amines) is 1. The first-order valence-electron chi connectivity index (χ1n) is 16.5. The van der Waals surface area contributed by atoms with Gasteiger partial charge in [-0.3, -0.25) is 19.2 Å². The number of carbonyl (C=O) groups is 4. The minimum Gasteiger partial charge on any atom is -0.492 e. The molecule has 0 unspecified atom stereocenters. The molecule has 4 rings (SSSR count). The van der Waals surface area contributed by atoms with Crippen LogP contribution in [0.4, 0.5) is 0 Å². The Morgan fingerprint density at radius 1 is 1.11 bits per heavy atom. The number of aryl methyl sites for hydroxylation is 1. The molecule has 11 nitrogen and oxygen atoms in total. The number of imidazole rings is 1. The van der Waals surface area contributed by atoms with E-state index in [0.29, 0.717) is 82.2 Å². The van der Waals surface area contributed by atoms with Gasteiger partial charge in [0.1, 0.15) is 17.6 Å². The van der Waals surface area contributed by atoms with E-state index in [1.165, 1.54) is 0 Å². The van der Waals surface area contributed by atoms with Gasteiger partial charge in [0, 0.05) is 69.8 Å². The smallest absolute Gasteiger partial charge is 0.255 e. The van der Waals surface area contributed by atoms with Crippen LogP contribution in [0.25, 0.3) is 0 Å². The predicted molar refractivity (Wildman–Crippen MR) is 172 cm³/mol. The fourth-order valence-electron chi connectivity index (χ4n) is 6.26. The van der Waals surface area contributed by atoms with Gasteiger partial charge in [0.05, 0.1) is 12.2 Å². The summed E-state index contributed by atoms with van der Waals surface area (Å²) in [7, 11) is 0. The average Bonchev–Trinajstić information content (AvgIpc) is 3.51. The highest BCUT2D eigenvalue weighted by Crippen LogP contribution is 2.38. The lowest BCUT2D eigenvalue weighted by atomic mass is 9.75. The van der Waals surface area contributed by atoms with Crippen molar-refractivity contribution in [3.63, 3.8) is 0 Å². The highest BCUT2D eigenvalue weighted by Gasteiger charge is 2.36. The van der Waals surface area contributed by atoms with Crippen molar-refractivity contribution in [2.75, 3.05) is 32.8 Å². The Labute approximate surface area is 266 Å². The van der Waals surface area contributed by atoms with E-state index in [1.807, 2.05) is 21.7 Å². The van der Waals surface area contributed by atoms with Gasteiger partial charge < -0.3 is 30.2 Å². The molecular weight excluding hydrogens is 572 g/mol. The van der Waals surface area contributed by atoms with E-state index in [4.69, 9.17) is 4.74 Å². The Kier molecular flexibility index (Phi) is 12.4. The van der Waals surface area contributed by atoms with Crippen LogP contribution in [0.2, 0.25) is 0 Å². The van der Waals surface area contributed by atoms with Gasteiger partial charge in [-0.15, -0.1) is 0 Å². The van der Waals surface area contributed by atoms with Crippen LogP contribution in [0.1, 0.15) is 101 Å². The molecule has 1 spiro atoms. The van der Waals surface area contributed by atoms with Gasteiger partial charge in [-0.05, 0) is 57.1 Å². The second-order valence-electron chi connectivity index (χ2n) is 12.8. The van der Waals surface area contributed by atoms with E-state index < -0.39 is 6.04 Å². The van der Waals surface area contributed by atoms with Crippen LogP contribution in [0.5, 0.6) is 5.75 Å². The molecular formula is C34H50N6O5. The number of nitrogens with zero attached hydrogens (tertiary/aromatic N) is 3. The molecule has 3 heterocycles. The zero-order valence-corrected chi connectivity index (χ0v) is 27.1. The third-order valence-electron chi connectivity index (χ3n) is 9.08. The van der Waals surface area contributed by atoms with Crippen molar-refractivity contribution in [3.8, 4) is 5.75 Å². The number of rotatable bonds is 9. The Balaban J connectivity index is 1.31. The summed E-state index contributed by atoms with van der Waals surface area (Å²) < 4.78 is 8.35. The molecule has 1 fully saturated rings. The first-order valence-corrected chi connectivity index (χ1v) is 16.5. The molecule has 11 heteroatoms. The van der Waals surface area contributed by atoms with Gasteiger partial charge in [-0.2, -0.15) is 0 Å². The second kappa shape index (κ2) is 16.4. The summed E-state index contributed by atoms with van der Waals surface area (Å²) in [6.45, 7) is 9.27. The molecule has 1 aromatic carbocycles. The van der Waals surface area contributed by atoms with Gasteiger partial charge in [0.25, 0.3) is 5.91 Å². The van der Waals surface area contributed by atoms with Crippen molar-refractivity contribution in [1.82, 2.24) is 30.4 Å². The zero-order valence-electron chi connectivity index (χ0n) is 27.1. The number of para-hydroxylation sites is 1. The maximum absolute atomic E-state index is 13.5. The van der Waals surface area contributed by atoms with E-state index in [0.717, 1.165) is 37.9 Å². The average molecular weight is 623 g/mol.